The molecule has 0 atom stereocenters. The lowest BCUT2D eigenvalue weighted by atomic mass is 9.99. The van der Waals surface area contributed by atoms with E-state index in [4.69, 9.17) is 18.9 Å². The molecule has 0 unspecified atom stereocenters. The lowest BCUT2D eigenvalue weighted by molar-refractivity contribution is -0.139. The Kier molecular flexibility index (Phi) is 9.75. The Labute approximate surface area is 226 Å². The summed E-state index contributed by atoms with van der Waals surface area (Å²) in [6.07, 6.45) is 0.139. The van der Waals surface area contributed by atoms with E-state index in [-0.39, 0.29) is 42.3 Å². The predicted molar refractivity (Wildman–Crippen MR) is 145 cm³/mol. The van der Waals surface area contributed by atoms with Crippen molar-refractivity contribution in [1.82, 2.24) is 0 Å². The molecule has 3 rings (SSSR count). The van der Waals surface area contributed by atoms with Crippen LogP contribution in [0.25, 0.3) is 22.3 Å². The highest BCUT2D eigenvalue weighted by Gasteiger charge is 2.15. The molecule has 0 amide bonds. The first kappa shape index (κ1) is 28.8. The molecule has 0 saturated heterocycles. The number of ether oxygens (including phenoxy) is 4. The van der Waals surface area contributed by atoms with Gasteiger partial charge in [0.15, 0.2) is 0 Å². The molecule has 0 aromatic heterocycles. The van der Waals surface area contributed by atoms with Crippen molar-refractivity contribution in [3.05, 3.63) is 90.8 Å². The van der Waals surface area contributed by atoms with Crippen LogP contribution in [-0.4, -0.2) is 31.1 Å². The molecule has 7 nitrogen and oxygen atoms in total. The highest BCUT2D eigenvalue weighted by atomic mass is 19.1. The second-order valence-corrected chi connectivity index (χ2v) is 8.67. The summed E-state index contributed by atoms with van der Waals surface area (Å²) in [5.41, 5.74) is 2.47. The summed E-state index contributed by atoms with van der Waals surface area (Å²) in [5, 5.41) is 0. The first-order valence-corrected chi connectivity index (χ1v) is 12.2. The Morgan fingerprint density at radius 1 is 0.718 bits per heavy atom. The van der Waals surface area contributed by atoms with Crippen LogP contribution in [0.4, 0.5) is 4.39 Å². The van der Waals surface area contributed by atoms with Gasteiger partial charge in [0.25, 0.3) is 0 Å². The molecule has 0 N–H and O–H groups in total. The van der Waals surface area contributed by atoms with E-state index >= 15 is 4.39 Å². The van der Waals surface area contributed by atoms with Crippen molar-refractivity contribution in [2.45, 2.75) is 27.2 Å². The minimum atomic E-state index is -0.656. The van der Waals surface area contributed by atoms with Crippen molar-refractivity contribution < 1.29 is 37.7 Å². The molecule has 3 aromatic rings. The smallest absolute Gasteiger partial charge is 0.338 e. The number of benzene rings is 3. The molecular formula is C31H29FO7. The van der Waals surface area contributed by atoms with Gasteiger partial charge in [0.2, 0.25) is 0 Å². The van der Waals surface area contributed by atoms with Gasteiger partial charge in [0.1, 0.15) is 36.3 Å². The highest BCUT2D eigenvalue weighted by Crippen LogP contribution is 2.34. The maximum absolute atomic E-state index is 15.3. The summed E-state index contributed by atoms with van der Waals surface area (Å²) in [6, 6.07) is 16.1. The number of hydrogen-bond acceptors (Lipinski definition) is 7. The van der Waals surface area contributed by atoms with Crippen LogP contribution < -0.4 is 14.2 Å². The summed E-state index contributed by atoms with van der Waals surface area (Å²) < 4.78 is 36.5. The summed E-state index contributed by atoms with van der Waals surface area (Å²) in [5.74, 6) is -1.36. The fourth-order valence-corrected chi connectivity index (χ4v) is 3.33. The van der Waals surface area contributed by atoms with Crippen LogP contribution in [0, 0.1) is 5.82 Å². The van der Waals surface area contributed by atoms with Crippen molar-refractivity contribution in [1.29, 1.82) is 0 Å². The first-order chi connectivity index (χ1) is 18.6. The van der Waals surface area contributed by atoms with Gasteiger partial charge in [-0.05, 0) is 60.9 Å². The second kappa shape index (κ2) is 13.2. The molecule has 0 fully saturated rings. The maximum atomic E-state index is 15.3. The summed E-state index contributed by atoms with van der Waals surface area (Å²) in [4.78, 5) is 35.3. The van der Waals surface area contributed by atoms with Gasteiger partial charge in [-0.25, -0.2) is 14.0 Å². The van der Waals surface area contributed by atoms with Crippen LogP contribution in [0.5, 0.6) is 17.2 Å². The van der Waals surface area contributed by atoms with Gasteiger partial charge in [0, 0.05) is 29.2 Å². The van der Waals surface area contributed by atoms with Crippen LogP contribution in [0.3, 0.4) is 0 Å². The Balaban J connectivity index is 1.79. The third-order valence-electron chi connectivity index (χ3n) is 5.36. The summed E-state index contributed by atoms with van der Waals surface area (Å²) in [6.45, 7) is 12.1. The molecule has 0 saturated carbocycles. The molecule has 0 heterocycles. The quantitative estimate of drug-likeness (QED) is 0.121. The molecule has 3 aromatic carbocycles. The summed E-state index contributed by atoms with van der Waals surface area (Å²) >= 11 is 0. The van der Waals surface area contributed by atoms with Gasteiger partial charge in [-0.3, -0.25) is 4.79 Å². The zero-order valence-corrected chi connectivity index (χ0v) is 22.0. The van der Waals surface area contributed by atoms with Gasteiger partial charge in [-0.2, -0.15) is 0 Å². The Bertz CT molecular complexity index is 1410. The molecule has 0 spiro atoms. The third-order valence-corrected chi connectivity index (χ3v) is 5.36. The number of carbonyl (C=O) groups excluding carboxylic acids is 3. The van der Waals surface area contributed by atoms with E-state index < -0.39 is 23.7 Å². The van der Waals surface area contributed by atoms with E-state index in [1.165, 1.54) is 31.2 Å². The average Bonchev–Trinajstić information content (AvgIpc) is 2.90. The molecule has 0 aliphatic rings. The fourth-order valence-electron chi connectivity index (χ4n) is 3.33. The highest BCUT2D eigenvalue weighted by molar-refractivity contribution is 5.89. The van der Waals surface area contributed by atoms with Crippen molar-refractivity contribution in [2.75, 3.05) is 13.2 Å². The normalized spacial score (nSPS) is 10.4. The van der Waals surface area contributed by atoms with E-state index in [2.05, 4.69) is 13.2 Å². The number of hydrogen-bond donors (Lipinski definition) is 0. The summed E-state index contributed by atoms with van der Waals surface area (Å²) in [7, 11) is 0. The van der Waals surface area contributed by atoms with Crippen molar-refractivity contribution in [2.24, 2.45) is 0 Å². The maximum Gasteiger partial charge on any atom is 0.338 e. The van der Waals surface area contributed by atoms with Gasteiger partial charge in [-0.1, -0.05) is 44.3 Å². The Hall–Kier alpha value is -4.72. The van der Waals surface area contributed by atoms with E-state index in [1.54, 1.807) is 50.2 Å². The number of rotatable bonds is 11. The van der Waals surface area contributed by atoms with Gasteiger partial charge in [0.05, 0.1) is 0 Å². The first-order valence-electron chi connectivity index (χ1n) is 12.2. The Morgan fingerprint density at radius 2 is 1.33 bits per heavy atom. The SMILES string of the molecule is C=C(C)C(=O)OCCOc1ccc(-c2ccc(-c3cc(OC(=O)CC)cc(OC(=O)C(=C)C)c3)c(F)c2)cc1. The van der Waals surface area contributed by atoms with E-state index in [0.717, 1.165) is 5.56 Å². The minimum Gasteiger partial charge on any atom is -0.490 e. The second-order valence-electron chi connectivity index (χ2n) is 8.67. The van der Waals surface area contributed by atoms with Crippen LogP contribution in [0.15, 0.2) is 85.0 Å². The zero-order valence-electron chi connectivity index (χ0n) is 22.0. The number of carbonyl (C=O) groups is 3. The molecule has 202 valence electrons. The van der Waals surface area contributed by atoms with Crippen LogP contribution in [-0.2, 0) is 19.1 Å². The van der Waals surface area contributed by atoms with Crippen molar-refractivity contribution in [3.8, 4) is 39.5 Å². The zero-order chi connectivity index (χ0) is 28.5. The minimum absolute atomic E-state index is 0.0904. The van der Waals surface area contributed by atoms with E-state index in [0.29, 0.717) is 22.4 Å². The fraction of sp³-hybridized carbons (Fsp3) is 0.194. The third kappa shape index (κ3) is 8.13. The molecule has 0 aliphatic carbocycles. The van der Waals surface area contributed by atoms with Crippen LogP contribution in [0.1, 0.15) is 27.2 Å². The molecule has 8 heteroatoms. The molecule has 0 bridgehead atoms. The monoisotopic (exact) mass is 532 g/mol. The molecular weight excluding hydrogens is 503 g/mol. The van der Waals surface area contributed by atoms with Gasteiger partial charge >= 0.3 is 17.9 Å². The Morgan fingerprint density at radius 3 is 1.92 bits per heavy atom. The average molecular weight is 533 g/mol. The molecule has 0 radical (unpaired) electrons. The predicted octanol–water partition coefficient (Wildman–Crippen LogP) is 6.45. The van der Waals surface area contributed by atoms with Crippen molar-refractivity contribution in [3.63, 3.8) is 0 Å². The number of halogens is 1. The number of esters is 3. The topological polar surface area (TPSA) is 88.1 Å². The van der Waals surface area contributed by atoms with E-state index in [9.17, 15) is 14.4 Å². The van der Waals surface area contributed by atoms with Crippen LogP contribution in [0.2, 0.25) is 0 Å². The molecule has 0 aliphatic heterocycles. The lowest BCUT2D eigenvalue weighted by Crippen LogP contribution is -2.12. The van der Waals surface area contributed by atoms with Gasteiger partial charge < -0.3 is 18.9 Å². The molecule has 39 heavy (non-hydrogen) atoms. The van der Waals surface area contributed by atoms with Crippen LogP contribution >= 0.6 is 0 Å². The standard InChI is InChI=1S/C31H29FO7/c1-6-29(33)38-25-15-23(16-26(18-25)39-31(35)20(4)5)27-12-9-22(17-28(27)32)21-7-10-24(11-8-21)36-13-14-37-30(34)19(2)3/h7-12,15-18H,2,4,6,13-14H2,1,3,5H3. The van der Waals surface area contributed by atoms with Gasteiger partial charge in [-0.15, -0.1) is 0 Å². The van der Waals surface area contributed by atoms with E-state index in [1.807, 2.05) is 0 Å². The van der Waals surface area contributed by atoms with Crippen molar-refractivity contribution >= 4 is 17.9 Å². The lowest BCUT2D eigenvalue weighted by Gasteiger charge is -2.12. The largest absolute Gasteiger partial charge is 0.490 e.